The van der Waals surface area contributed by atoms with Crippen molar-refractivity contribution >= 4 is 17.5 Å². The number of hydrogen-bond acceptors (Lipinski definition) is 6. The lowest BCUT2D eigenvalue weighted by atomic mass is 10.2. The molecule has 1 N–H and O–H groups in total. The molecule has 152 valence electrons. The van der Waals surface area contributed by atoms with Crippen LogP contribution < -0.4 is 24.4 Å². The Bertz CT molecular complexity index is 909. The van der Waals surface area contributed by atoms with Crippen LogP contribution in [-0.4, -0.2) is 63.3 Å². The summed E-state index contributed by atoms with van der Waals surface area (Å²) in [5.74, 6) is 1.56. The first-order valence-electron chi connectivity index (χ1n) is 9.48. The maximum absolute atomic E-state index is 12.5. The number of carbonyl (C=O) groups is 2. The van der Waals surface area contributed by atoms with Gasteiger partial charge in [-0.05, 0) is 30.3 Å². The number of nitrogens with one attached hydrogen (secondary N) is 1. The number of amides is 2. The van der Waals surface area contributed by atoms with Crippen molar-refractivity contribution in [3.63, 3.8) is 0 Å². The third-order valence-electron chi connectivity index (χ3n) is 5.09. The van der Waals surface area contributed by atoms with Crippen molar-refractivity contribution in [2.24, 2.45) is 0 Å². The average molecular weight is 397 g/mol. The number of benzene rings is 2. The van der Waals surface area contributed by atoms with E-state index in [1.54, 1.807) is 30.2 Å². The molecule has 1 saturated heterocycles. The van der Waals surface area contributed by atoms with Crippen LogP contribution in [0.25, 0.3) is 0 Å². The number of hydrogen-bond donors (Lipinski definition) is 1. The van der Waals surface area contributed by atoms with E-state index in [4.69, 9.17) is 14.2 Å². The number of anilines is 1. The van der Waals surface area contributed by atoms with Gasteiger partial charge in [-0.2, -0.15) is 0 Å². The van der Waals surface area contributed by atoms with E-state index < -0.39 is 0 Å². The standard InChI is InChI=1S/C21H23N3O5/c1-27-17-4-2-3-16(12-17)23-7-9-24(10-8-23)20(25)13-22-21(26)15-5-6-18-19(11-15)29-14-28-18/h2-6,11-12H,7-10,13-14H2,1H3,(H,22,26). The summed E-state index contributed by atoms with van der Waals surface area (Å²) in [4.78, 5) is 28.8. The van der Waals surface area contributed by atoms with E-state index in [1.165, 1.54) is 0 Å². The predicted molar refractivity (Wildman–Crippen MR) is 107 cm³/mol. The van der Waals surface area contributed by atoms with E-state index in [2.05, 4.69) is 10.2 Å². The van der Waals surface area contributed by atoms with Crippen molar-refractivity contribution in [1.82, 2.24) is 10.2 Å². The Kier molecular flexibility index (Phi) is 5.41. The topological polar surface area (TPSA) is 80.3 Å². The van der Waals surface area contributed by atoms with Crippen molar-refractivity contribution in [2.45, 2.75) is 0 Å². The van der Waals surface area contributed by atoms with Crippen molar-refractivity contribution < 1.29 is 23.8 Å². The van der Waals surface area contributed by atoms with Crippen molar-refractivity contribution in [1.29, 1.82) is 0 Å². The first-order chi connectivity index (χ1) is 14.1. The molecule has 4 rings (SSSR count). The van der Waals surface area contributed by atoms with Gasteiger partial charge in [-0.1, -0.05) is 6.07 Å². The predicted octanol–water partition coefficient (Wildman–Crippen LogP) is 1.50. The van der Waals surface area contributed by atoms with Crippen molar-refractivity contribution in [2.75, 3.05) is 51.5 Å². The third kappa shape index (κ3) is 4.21. The number of methoxy groups -OCH3 is 1. The van der Waals surface area contributed by atoms with Crippen LogP contribution in [0.15, 0.2) is 42.5 Å². The summed E-state index contributed by atoms with van der Waals surface area (Å²) in [6.07, 6.45) is 0. The molecule has 0 atom stereocenters. The Labute approximate surface area is 168 Å². The highest BCUT2D eigenvalue weighted by Gasteiger charge is 2.22. The molecule has 1 fully saturated rings. The number of ether oxygens (including phenoxy) is 3. The van der Waals surface area contributed by atoms with Crippen LogP contribution in [0.3, 0.4) is 0 Å². The Hall–Kier alpha value is -3.42. The molecule has 2 aromatic rings. The summed E-state index contributed by atoms with van der Waals surface area (Å²) in [6, 6.07) is 12.9. The number of fused-ring (bicyclic) bond motifs is 1. The van der Waals surface area contributed by atoms with Gasteiger partial charge in [0, 0.05) is 43.5 Å². The van der Waals surface area contributed by atoms with Gasteiger partial charge in [-0.3, -0.25) is 9.59 Å². The molecule has 2 aliphatic heterocycles. The molecular formula is C21H23N3O5. The summed E-state index contributed by atoms with van der Waals surface area (Å²) in [6.45, 7) is 2.79. The van der Waals surface area contributed by atoms with Gasteiger partial charge < -0.3 is 29.3 Å². The molecule has 29 heavy (non-hydrogen) atoms. The van der Waals surface area contributed by atoms with Crippen molar-refractivity contribution in [3.05, 3.63) is 48.0 Å². The van der Waals surface area contributed by atoms with Crippen LogP contribution in [-0.2, 0) is 4.79 Å². The second kappa shape index (κ2) is 8.30. The Morgan fingerprint density at radius 2 is 1.83 bits per heavy atom. The van der Waals surface area contributed by atoms with Gasteiger partial charge in [0.25, 0.3) is 5.91 Å². The molecule has 8 nitrogen and oxygen atoms in total. The number of rotatable bonds is 5. The molecule has 0 aromatic heterocycles. The quantitative estimate of drug-likeness (QED) is 0.824. The van der Waals surface area contributed by atoms with Gasteiger partial charge in [0.2, 0.25) is 12.7 Å². The monoisotopic (exact) mass is 397 g/mol. The minimum Gasteiger partial charge on any atom is -0.497 e. The molecular weight excluding hydrogens is 374 g/mol. The molecule has 0 radical (unpaired) electrons. The zero-order valence-electron chi connectivity index (χ0n) is 16.2. The summed E-state index contributed by atoms with van der Waals surface area (Å²) in [5, 5.41) is 2.69. The third-order valence-corrected chi connectivity index (χ3v) is 5.09. The summed E-state index contributed by atoms with van der Waals surface area (Å²) < 4.78 is 15.8. The van der Waals surface area contributed by atoms with E-state index >= 15 is 0 Å². The van der Waals surface area contributed by atoms with Crippen LogP contribution in [0.4, 0.5) is 5.69 Å². The fourth-order valence-corrected chi connectivity index (χ4v) is 3.43. The zero-order chi connectivity index (χ0) is 20.2. The van der Waals surface area contributed by atoms with Crippen LogP contribution >= 0.6 is 0 Å². The minimum absolute atomic E-state index is 0.0353. The van der Waals surface area contributed by atoms with E-state index in [9.17, 15) is 9.59 Å². The van der Waals surface area contributed by atoms with Crippen LogP contribution in [0, 0.1) is 0 Å². The van der Waals surface area contributed by atoms with Crippen LogP contribution in [0.1, 0.15) is 10.4 Å². The van der Waals surface area contributed by atoms with Crippen molar-refractivity contribution in [3.8, 4) is 17.2 Å². The lowest BCUT2D eigenvalue weighted by Gasteiger charge is -2.36. The summed E-state index contributed by atoms with van der Waals surface area (Å²) >= 11 is 0. The van der Waals surface area contributed by atoms with E-state index in [0.29, 0.717) is 30.2 Å². The van der Waals surface area contributed by atoms with Crippen LogP contribution in [0.2, 0.25) is 0 Å². The first-order valence-corrected chi connectivity index (χ1v) is 9.48. The smallest absolute Gasteiger partial charge is 0.251 e. The molecule has 8 heteroatoms. The number of nitrogens with zero attached hydrogens (tertiary/aromatic N) is 2. The highest BCUT2D eigenvalue weighted by Crippen LogP contribution is 2.32. The molecule has 0 unspecified atom stereocenters. The normalized spacial score (nSPS) is 15.2. The molecule has 0 saturated carbocycles. The summed E-state index contributed by atoms with van der Waals surface area (Å²) in [7, 11) is 1.65. The van der Waals surface area contributed by atoms with E-state index in [-0.39, 0.29) is 25.2 Å². The average Bonchev–Trinajstić information content (AvgIpc) is 3.25. The highest BCUT2D eigenvalue weighted by atomic mass is 16.7. The van der Waals surface area contributed by atoms with Gasteiger partial charge in [-0.15, -0.1) is 0 Å². The highest BCUT2D eigenvalue weighted by molar-refractivity contribution is 5.97. The Balaban J connectivity index is 1.27. The zero-order valence-corrected chi connectivity index (χ0v) is 16.2. The van der Waals surface area contributed by atoms with Gasteiger partial charge in [-0.25, -0.2) is 0 Å². The Morgan fingerprint density at radius 3 is 2.62 bits per heavy atom. The first kappa shape index (κ1) is 18.9. The number of carbonyl (C=O) groups excluding carboxylic acids is 2. The molecule has 0 aliphatic carbocycles. The molecule has 0 spiro atoms. The fraction of sp³-hybridized carbons (Fsp3) is 0.333. The largest absolute Gasteiger partial charge is 0.497 e. The lowest BCUT2D eigenvalue weighted by molar-refractivity contribution is -0.130. The molecule has 0 bridgehead atoms. The van der Waals surface area contributed by atoms with Crippen LogP contribution in [0.5, 0.6) is 17.2 Å². The van der Waals surface area contributed by atoms with Gasteiger partial charge in [0.1, 0.15) is 5.75 Å². The number of piperazine rings is 1. The second-order valence-corrected chi connectivity index (χ2v) is 6.82. The molecule has 2 aromatic carbocycles. The van der Waals surface area contributed by atoms with Gasteiger partial charge >= 0.3 is 0 Å². The lowest BCUT2D eigenvalue weighted by Crippen LogP contribution is -2.51. The molecule has 2 aliphatic rings. The molecule has 2 amide bonds. The van der Waals surface area contributed by atoms with E-state index in [1.807, 2.05) is 24.3 Å². The SMILES string of the molecule is COc1cccc(N2CCN(C(=O)CNC(=O)c3ccc4c(c3)OCO4)CC2)c1. The maximum Gasteiger partial charge on any atom is 0.251 e. The fourth-order valence-electron chi connectivity index (χ4n) is 3.43. The Morgan fingerprint density at radius 1 is 1.03 bits per heavy atom. The molecule has 2 heterocycles. The maximum atomic E-state index is 12.5. The summed E-state index contributed by atoms with van der Waals surface area (Å²) in [5.41, 5.74) is 1.51. The minimum atomic E-state index is -0.313. The van der Waals surface area contributed by atoms with Gasteiger partial charge in [0.15, 0.2) is 11.5 Å². The van der Waals surface area contributed by atoms with E-state index in [0.717, 1.165) is 24.5 Å². The van der Waals surface area contributed by atoms with Gasteiger partial charge in [0.05, 0.1) is 13.7 Å². The second-order valence-electron chi connectivity index (χ2n) is 6.82.